The van der Waals surface area contributed by atoms with Gasteiger partial charge < -0.3 is 20.6 Å². The summed E-state index contributed by atoms with van der Waals surface area (Å²) in [4.78, 5) is 11.2. The molecule has 0 spiro atoms. The number of aromatic nitrogens is 3. The first kappa shape index (κ1) is 25.7. The normalized spacial score (nSPS) is 16.5. The highest BCUT2D eigenvalue weighted by Crippen LogP contribution is 2.32. The minimum atomic E-state index is 0.0461. The Morgan fingerprint density at radius 3 is 2.65 bits per heavy atom. The van der Waals surface area contributed by atoms with Crippen LogP contribution in [-0.4, -0.2) is 71.0 Å². The summed E-state index contributed by atoms with van der Waals surface area (Å²) in [7, 11) is 3.94. The van der Waals surface area contributed by atoms with E-state index in [-0.39, 0.29) is 17.8 Å². The Hall–Kier alpha value is -4.34. The summed E-state index contributed by atoms with van der Waals surface area (Å²) in [5.41, 5.74) is 9.19. The molecule has 190 valence electrons. The number of nitrogens with two attached hydrogens (primary N) is 1. The highest BCUT2D eigenvalue weighted by Gasteiger charge is 2.25. The lowest BCUT2D eigenvalue weighted by atomic mass is 10.1. The molecule has 1 saturated heterocycles. The van der Waals surface area contributed by atoms with Crippen LogP contribution in [-0.2, 0) is 0 Å². The van der Waals surface area contributed by atoms with Gasteiger partial charge in [0.15, 0.2) is 5.82 Å². The third-order valence-corrected chi connectivity index (χ3v) is 6.75. The van der Waals surface area contributed by atoms with E-state index in [1.54, 1.807) is 18.2 Å². The molecular formula is C28H32N8O. The molecule has 1 aromatic carbocycles. The fourth-order valence-corrected chi connectivity index (χ4v) is 4.20. The molecule has 4 rings (SSSR count). The van der Waals surface area contributed by atoms with Crippen LogP contribution < -0.4 is 15.5 Å². The van der Waals surface area contributed by atoms with E-state index in [0.717, 1.165) is 24.5 Å². The molecule has 2 aromatic heterocycles. The first-order valence-electron chi connectivity index (χ1n) is 12.3. The summed E-state index contributed by atoms with van der Waals surface area (Å²) < 4.78 is 0. The SMILES string of the molecule is C[C@H](C#Cc1nc(N2CCN(c3cc(-c4ccccc4O)nnc3N)CC[C@@H]2C)ccc1C#N)N(C)C. The van der Waals surface area contributed by atoms with Crippen molar-refractivity contribution in [2.45, 2.75) is 32.4 Å². The van der Waals surface area contributed by atoms with E-state index in [9.17, 15) is 10.4 Å². The molecule has 2 atom stereocenters. The summed E-state index contributed by atoms with van der Waals surface area (Å²) in [6.07, 6.45) is 0.869. The standard InChI is InChI=1S/C28H32N8O/c1-19(34(3)4)9-11-23-21(18-29)10-12-27(31-23)36-16-15-35(14-13-20(36)2)25-17-24(32-33-28(25)30)22-7-5-6-8-26(22)37/h5-8,10,12,17,19-20,37H,13-16H2,1-4H3,(H2,30,33)/t19-,20+/m1/s1. The zero-order chi connectivity index (χ0) is 26.5. The quantitative estimate of drug-likeness (QED) is 0.525. The monoisotopic (exact) mass is 496 g/mol. The lowest BCUT2D eigenvalue weighted by molar-refractivity contribution is 0.373. The first-order valence-corrected chi connectivity index (χ1v) is 12.3. The maximum absolute atomic E-state index is 10.3. The summed E-state index contributed by atoms with van der Waals surface area (Å²) >= 11 is 0. The fraction of sp³-hybridized carbons (Fsp3) is 0.357. The van der Waals surface area contributed by atoms with Crippen LogP contribution in [0.15, 0.2) is 42.5 Å². The lowest BCUT2D eigenvalue weighted by Crippen LogP contribution is -2.35. The van der Waals surface area contributed by atoms with Gasteiger partial charge in [-0.15, -0.1) is 10.2 Å². The number of rotatable bonds is 4. The van der Waals surface area contributed by atoms with Crippen LogP contribution in [0.2, 0.25) is 0 Å². The fourth-order valence-electron chi connectivity index (χ4n) is 4.20. The molecule has 3 aromatic rings. The number of para-hydroxylation sites is 1. The number of phenolic OH excluding ortho intramolecular Hbond substituents is 1. The molecule has 0 aliphatic carbocycles. The third kappa shape index (κ3) is 5.74. The average Bonchev–Trinajstić information content (AvgIpc) is 3.09. The number of nitriles is 1. The summed E-state index contributed by atoms with van der Waals surface area (Å²) in [6.45, 7) is 6.36. The molecule has 1 fully saturated rings. The predicted octanol–water partition coefficient (Wildman–Crippen LogP) is 3.10. The molecule has 3 N–H and O–H groups in total. The van der Waals surface area contributed by atoms with E-state index in [4.69, 9.17) is 10.7 Å². The van der Waals surface area contributed by atoms with Gasteiger partial charge in [-0.2, -0.15) is 5.26 Å². The Kier molecular flexibility index (Phi) is 7.76. The molecule has 0 saturated carbocycles. The van der Waals surface area contributed by atoms with Crippen molar-refractivity contribution in [1.29, 1.82) is 5.26 Å². The minimum Gasteiger partial charge on any atom is -0.507 e. The van der Waals surface area contributed by atoms with Crippen molar-refractivity contribution < 1.29 is 5.11 Å². The van der Waals surface area contributed by atoms with Crippen molar-refractivity contribution in [3.63, 3.8) is 0 Å². The van der Waals surface area contributed by atoms with Crippen LogP contribution in [0, 0.1) is 23.2 Å². The number of hydrogen-bond acceptors (Lipinski definition) is 9. The predicted molar refractivity (Wildman–Crippen MR) is 146 cm³/mol. The number of benzene rings is 1. The van der Waals surface area contributed by atoms with E-state index in [0.29, 0.717) is 41.4 Å². The van der Waals surface area contributed by atoms with Gasteiger partial charge in [-0.3, -0.25) is 4.90 Å². The minimum absolute atomic E-state index is 0.0461. The Morgan fingerprint density at radius 2 is 1.92 bits per heavy atom. The summed E-state index contributed by atoms with van der Waals surface area (Å²) in [6, 6.07) is 15.1. The maximum atomic E-state index is 10.3. The van der Waals surface area contributed by atoms with Gasteiger partial charge in [0, 0.05) is 31.2 Å². The molecule has 37 heavy (non-hydrogen) atoms. The van der Waals surface area contributed by atoms with Gasteiger partial charge in [-0.1, -0.05) is 18.1 Å². The smallest absolute Gasteiger partial charge is 0.169 e. The van der Waals surface area contributed by atoms with Crippen LogP contribution in [0.1, 0.15) is 31.5 Å². The van der Waals surface area contributed by atoms with Gasteiger partial charge in [0.25, 0.3) is 0 Å². The van der Waals surface area contributed by atoms with Crippen LogP contribution in [0.5, 0.6) is 5.75 Å². The molecule has 1 aliphatic heterocycles. The van der Waals surface area contributed by atoms with Gasteiger partial charge in [-0.05, 0) is 70.6 Å². The van der Waals surface area contributed by atoms with Crippen LogP contribution in [0.3, 0.4) is 0 Å². The summed E-state index contributed by atoms with van der Waals surface area (Å²) in [5, 5.41) is 28.2. The Labute approximate surface area is 218 Å². The van der Waals surface area contributed by atoms with Crippen molar-refractivity contribution in [1.82, 2.24) is 20.1 Å². The average molecular weight is 497 g/mol. The van der Waals surface area contributed by atoms with Crippen molar-refractivity contribution in [3.05, 3.63) is 53.7 Å². The Balaban J connectivity index is 1.59. The van der Waals surface area contributed by atoms with Gasteiger partial charge >= 0.3 is 0 Å². The highest BCUT2D eigenvalue weighted by atomic mass is 16.3. The zero-order valence-corrected chi connectivity index (χ0v) is 21.7. The molecule has 1 aliphatic rings. The van der Waals surface area contributed by atoms with Crippen LogP contribution in [0.25, 0.3) is 11.3 Å². The highest BCUT2D eigenvalue weighted by molar-refractivity contribution is 5.74. The number of nitrogen functional groups attached to an aromatic ring is 1. The number of aromatic hydroxyl groups is 1. The van der Waals surface area contributed by atoms with Crippen LogP contribution in [0.4, 0.5) is 17.3 Å². The second-order valence-corrected chi connectivity index (χ2v) is 9.42. The number of nitrogens with zero attached hydrogens (tertiary/aromatic N) is 7. The van der Waals surface area contributed by atoms with Crippen molar-refractivity contribution >= 4 is 17.3 Å². The molecule has 3 heterocycles. The summed E-state index contributed by atoms with van der Waals surface area (Å²) in [5.74, 6) is 7.58. The lowest BCUT2D eigenvalue weighted by Gasteiger charge is -2.28. The molecule has 0 unspecified atom stereocenters. The zero-order valence-electron chi connectivity index (χ0n) is 21.7. The first-order chi connectivity index (χ1) is 17.8. The van der Waals surface area contributed by atoms with Gasteiger partial charge in [0.1, 0.15) is 23.3 Å². The van der Waals surface area contributed by atoms with E-state index < -0.39 is 0 Å². The molecule has 0 bridgehead atoms. The molecule has 9 heteroatoms. The molecular weight excluding hydrogens is 464 g/mol. The van der Waals surface area contributed by atoms with Crippen molar-refractivity contribution in [2.24, 2.45) is 0 Å². The van der Waals surface area contributed by atoms with E-state index in [1.807, 2.05) is 50.2 Å². The van der Waals surface area contributed by atoms with E-state index >= 15 is 0 Å². The number of hydrogen-bond donors (Lipinski definition) is 2. The third-order valence-electron chi connectivity index (χ3n) is 6.75. The largest absolute Gasteiger partial charge is 0.507 e. The Bertz CT molecular complexity index is 1370. The second-order valence-electron chi connectivity index (χ2n) is 9.42. The van der Waals surface area contributed by atoms with E-state index in [2.05, 4.69) is 44.8 Å². The Morgan fingerprint density at radius 1 is 1.14 bits per heavy atom. The molecule has 9 nitrogen and oxygen atoms in total. The van der Waals surface area contributed by atoms with Crippen molar-refractivity contribution in [2.75, 3.05) is 49.3 Å². The maximum Gasteiger partial charge on any atom is 0.169 e. The second kappa shape index (κ2) is 11.2. The number of anilines is 3. The van der Waals surface area contributed by atoms with Gasteiger partial charge in [-0.25, -0.2) is 4.98 Å². The molecule has 0 radical (unpaired) electrons. The van der Waals surface area contributed by atoms with Crippen molar-refractivity contribution in [3.8, 4) is 34.9 Å². The van der Waals surface area contributed by atoms with E-state index in [1.165, 1.54) is 0 Å². The van der Waals surface area contributed by atoms with Gasteiger partial charge in [0.05, 0.1) is 23.0 Å². The number of pyridine rings is 1. The topological polar surface area (TPSA) is 118 Å². The van der Waals surface area contributed by atoms with Gasteiger partial charge in [0.2, 0.25) is 0 Å². The van der Waals surface area contributed by atoms with Crippen LogP contribution >= 0.6 is 0 Å². The number of phenols is 1. The molecule has 0 amide bonds.